The lowest BCUT2D eigenvalue weighted by molar-refractivity contribution is 0.0631. The molecule has 156 valence electrons. The van der Waals surface area contributed by atoms with Gasteiger partial charge in [-0.2, -0.15) is 0 Å². The molecule has 0 aliphatic carbocycles. The minimum atomic E-state index is -0.450. The van der Waals surface area contributed by atoms with Gasteiger partial charge in [0.2, 0.25) is 0 Å². The molecule has 2 aliphatic rings. The standard InChI is InChI=1S/C23H17ClN2O5/c24-14-4-6-20-18(11-14)19(7-9-31-20)25-21(27)13-3-5-16-17(10-13)23(29)26(22(16)28)12-15-2-1-8-30-15/h1-6,8,10-11,19H,7,9,12H2,(H,25,27). The molecule has 1 unspecified atom stereocenters. The van der Waals surface area contributed by atoms with Crippen LogP contribution in [0.3, 0.4) is 0 Å². The van der Waals surface area contributed by atoms with Gasteiger partial charge in [0, 0.05) is 22.6 Å². The number of ether oxygens (including phenoxy) is 1. The molecule has 2 aliphatic heterocycles. The van der Waals surface area contributed by atoms with E-state index in [1.165, 1.54) is 18.4 Å². The molecule has 0 spiro atoms. The number of amides is 3. The number of nitrogens with zero attached hydrogens (tertiary/aromatic N) is 1. The molecule has 1 aromatic heterocycles. The Balaban J connectivity index is 1.37. The largest absolute Gasteiger partial charge is 0.493 e. The van der Waals surface area contributed by atoms with Crippen molar-refractivity contribution in [1.29, 1.82) is 0 Å². The second kappa shape index (κ2) is 7.59. The molecule has 31 heavy (non-hydrogen) atoms. The molecular weight excluding hydrogens is 420 g/mol. The Hall–Kier alpha value is -3.58. The summed E-state index contributed by atoms with van der Waals surface area (Å²) >= 11 is 6.10. The van der Waals surface area contributed by atoms with Crippen molar-refractivity contribution in [2.75, 3.05) is 6.61 Å². The average Bonchev–Trinajstić information content (AvgIpc) is 3.37. The average molecular weight is 437 g/mol. The Morgan fingerprint density at radius 2 is 1.94 bits per heavy atom. The third kappa shape index (κ3) is 3.47. The van der Waals surface area contributed by atoms with Gasteiger partial charge in [0.15, 0.2) is 0 Å². The van der Waals surface area contributed by atoms with Gasteiger partial charge in [-0.3, -0.25) is 19.3 Å². The summed E-state index contributed by atoms with van der Waals surface area (Å²) in [4.78, 5) is 39.5. The van der Waals surface area contributed by atoms with Gasteiger partial charge >= 0.3 is 0 Å². The molecule has 3 aromatic rings. The van der Waals surface area contributed by atoms with E-state index in [4.69, 9.17) is 20.8 Å². The third-order valence-corrected chi connectivity index (χ3v) is 5.68. The second-order valence-electron chi connectivity index (χ2n) is 7.38. The fraction of sp³-hybridized carbons (Fsp3) is 0.174. The van der Waals surface area contributed by atoms with E-state index in [2.05, 4.69) is 5.32 Å². The Morgan fingerprint density at radius 1 is 1.10 bits per heavy atom. The Morgan fingerprint density at radius 3 is 2.74 bits per heavy atom. The summed E-state index contributed by atoms with van der Waals surface area (Å²) in [7, 11) is 0. The molecule has 0 fully saturated rings. The lowest BCUT2D eigenvalue weighted by Crippen LogP contribution is -2.32. The number of hydrogen-bond donors (Lipinski definition) is 1. The molecule has 1 N–H and O–H groups in total. The number of benzene rings is 2. The van der Waals surface area contributed by atoms with Crippen LogP contribution in [-0.2, 0) is 6.54 Å². The van der Waals surface area contributed by atoms with Gasteiger partial charge in [0.25, 0.3) is 17.7 Å². The number of hydrogen-bond acceptors (Lipinski definition) is 5. The first-order valence-corrected chi connectivity index (χ1v) is 10.1. The Labute approximate surface area is 182 Å². The van der Waals surface area contributed by atoms with Crippen molar-refractivity contribution in [3.8, 4) is 5.75 Å². The van der Waals surface area contributed by atoms with Crippen molar-refractivity contribution < 1.29 is 23.5 Å². The van der Waals surface area contributed by atoms with Crippen molar-refractivity contribution in [3.63, 3.8) is 0 Å². The highest BCUT2D eigenvalue weighted by Gasteiger charge is 2.36. The molecule has 0 saturated heterocycles. The van der Waals surface area contributed by atoms with Crippen LogP contribution < -0.4 is 10.1 Å². The smallest absolute Gasteiger partial charge is 0.261 e. The number of halogens is 1. The van der Waals surface area contributed by atoms with Gasteiger partial charge < -0.3 is 14.5 Å². The minimum absolute atomic E-state index is 0.0422. The molecule has 1 atom stereocenters. The summed E-state index contributed by atoms with van der Waals surface area (Å²) in [6.45, 7) is 0.513. The second-order valence-corrected chi connectivity index (χ2v) is 7.82. The SMILES string of the molecule is O=C(NC1CCOc2ccc(Cl)cc21)c1ccc2c(c1)C(=O)N(Cc1ccco1)C2=O. The lowest BCUT2D eigenvalue weighted by Gasteiger charge is -2.27. The number of carbonyl (C=O) groups is 3. The third-order valence-electron chi connectivity index (χ3n) is 5.44. The van der Waals surface area contributed by atoms with E-state index in [9.17, 15) is 14.4 Å². The van der Waals surface area contributed by atoms with E-state index in [1.807, 2.05) is 0 Å². The summed E-state index contributed by atoms with van der Waals surface area (Å²) < 4.78 is 10.9. The normalized spacial score (nSPS) is 17.2. The summed E-state index contributed by atoms with van der Waals surface area (Å²) in [6, 6.07) is 12.9. The summed E-state index contributed by atoms with van der Waals surface area (Å²) in [6.07, 6.45) is 2.08. The van der Waals surface area contributed by atoms with E-state index in [1.54, 1.807) is 36.4 Å². The van der Waals surface area contributed by atoms with Gasteiger partial charge in [-0.15, -0.1) is 0 Å². The quantitative estimate of drug-likeness (QED) is 0.625. The molecule has 8 heteroatoms. The van der Waals surface area contributed by atoms with Crippen LogP contribution in [0.1, 0.15) is 54.9 Å². The Kier molecular flexibility index (Phi) is 4.75. The van der Waals surface area contributed by atoms with Crippen LogP contribution in [0.15, 0.2) is 59.2 Å². The van der Waals surface area contributed by atoms with Gasteiger partial charge in [-0.1, -0.05) is 11.6 Å². The molecule has 0 bridgehead atoms. The number of nitrogens with one attached hydrogen (secondary N) is 1. The first-order valence-electron chi connectivity index (χ1n) is 9.77. The highest BCUT2D eigenvalue weighted by Crippen LogP contribution is 2.34. The maximum absolute atomic E-state index is 12.9. The van der Waals surface area contributed by atoms with Gasteiger partial charge in [-0.25, -0.2) is 0 Å². The van der Waals surface area contributed by atoms with Crippen LogP contribution >= 0.6 is 11.6 Å². The van der Waals surface area contributed by atoms with Crippen molar-refractivity contribution >= 4 is 29.3 Å². The fourth-order valence-electron chi connectivity index (χ4n) is 3.89. The molecule has 3 heterocycles. The van der Waals surface area contributed by atoms with E-state index < -0.39 is 11.8 Å². The number of fused-ring (bicyclic) bond motifs is 2. The monoisotopic (exact) mass is 436 g/mol. The number of furan rings is 1. The number of imide groups is 1. The van der Waals surface area contributed by atoms with Crippen molar-refractivity contribution in [1.82, 2.24) is 10.2 Å². The van der Waals surface area contributed by atoms with Crippen LogP contribution in [0.4, 0.5) is 0 Å². The fourth-order valence-corrected chi connectivity index (χ4v) is 4.07. The predicted molar refractivity (Wildman–Crippen MR) is 111 cm³/mol. The van der Waals surface area contributed by atoms with Gasteiger partial charge in [0.05, 0.1) is 36.6 Å². The van der Waals surface area contributed by atoms with Gasteiger partial charge in [-0.05, 0) is 48.5 Å². The predicted octanol–water partition coefficient (Wildman–Crippen LogP) is 3.98. The Bertz CT molecular complexity index is 1200. The molecule has 2 aromatic carbocycles. The van der Waals surface area contributed by atoms with Crippen molar-refractivity contribution in [2.45, 2.75) is 19.0 Å². The first-order chi connectivity index (χ1) is 15.0. The highest BCUT2D eigenvalue weighted by atomic mass is 35.5. The number of rotatable bonds is 4. The maximum Gasteiger partial charge on any atom is 0.261 e. The molecule has 3 amide bonds. The highest BCUT2D eigenvalue weighted by molar-refractivity contribution is 6.30. The summed E-state index contributed by atoms with van der Waals surface area (Å²) in [5.41, 5.74) is 1.59. The van der Waals surface area contributed by atoms with Crippen LogP contribution in [0.25, 0.3) is 0 Å². The summed E-state index contributed by atoms with van der Waals surface area (Å²) in [5.74, 6) is -0.00970. The van der Waals surface area contributed by atoms with Crippen LogP contribution in [-0.4, -0.2) is 29.2 Å². The topological polar surface area (TPSA) is 88.8 Å². The van der Waals surface area contributed by atoms with E-state index >= 15 is 0 Å². The zero-order valence-corrected chi connectivity index (χ0v) is 17.0. The lowest BCUT2D eigenvalue weighted by atomic mass is 9.99. The van der Waals surface area contributed by atoms with Gasteiger partial charge in [0.1, 0.15) is 11.5 Å². The van der Waals surface area contributed by atoms with Crippen LogP contribution in [0.5, 0.6) is 5.75 Å². The maximum atomic E-state index is 12.9. The van der Waals surface area contributed by atoms with E-state index in [-0.39, 0.29) is 29.6 Å². The van der Waals surface area contributed by atoms with E-state index in [0.29, 0.717) is 35.1 Å². The summed E-state index contributed by atoms with van der Waals surface area (Å²) in [5, 5.41) is 3.54. The van der Waals surface area contributed by atoms with Crippen LogP contribution in [0, 0.1) is 0 Å². The first kappa shape index (κ1) is 19.4. The van der Waals surface area contributed by atoms with Crippen LogP contribution in [0.2, 0.25) is 5.02 Å². The molecular formula is C23H17ClN2O5. The van der Waals surface area contributed by atoms with Crippen molar-refractivity contribution in [2.24, 2.45) is 0 Å². The molecule has 0 radical (unpaired) electrons. The molecule has 0 saturated carbocycles. The minimum Gasteiger partial charge on any atom is -0.493 e. The van der Waals surface area contributed by atoms with Crippen molar-refractivity contribution in [3.05, 3.63) is 87.8 Å². The zero-order valence-electron chi connectivity index (χ0n) is 16.3. The van der Waals surface area contributed by atoms with E-state index in [0.717, 1.165) is 10.5 Å². The zero-order chi connectivity index (χ0) is 21.5. The molecule has 5 rings (SSSR count). The number of carbonyl (C=O) groups excluding carboxylic acids is 3. The molecule has 7 nitrogen and oxygen atoms in total.